The number of nitrogens with one attached hydrogen (secondary N) is 1. The Kier molecular flexibility index (Phi) is 5.04. The number of hydrogen-bond donors (Lipinski definition) is 2. The fraction of sp³-hybridized carbons (Fsp3) is 0.538. The van der Waals surface area contributed by atoms with E-state index in [2.05, 4.69) is 21.2 Å². The summed E-state index contributed by atoms with van der Waals surface area (Å²) in [5, 5.41) is 13.7. The van der Waals surface area contributed by atoms with Crippen LogP contribution in [0.1, 0.15) is 24.8 Å². The maximum atomic E-state index is 12.1. The van der Waals surface area contributed by atoms with E-state index in [0.29, 0.717) is 12.5 Å². The first-order valence-electron chi connectivity index (χ1n) is 6.42. The molecule has 110 valence electrons. The Labute approximate surface area is 130 Å². The molecule has 0 bridgehead atoms. The van der Waals surface area contributed by atoms with Gasteiger partial charge in [0.15, 0.2) is 0 Å². The molecule has 0 spiro atoms. The van der Waals surface area contributed by atoms with Gasteiger partial charge in [-0.05, 0) is 51.7 Å². The molecule has 1 aromatic rings. The minimum atomic E-state index is -0.869. The zero-order valence-electron chi connectivity index (χ0n) is 11.1. The number of rotatable bonds is 6. The van der Waals surface area contributed by atoms with Gasteiger partial charge >= 0.3 is 12.0 Å². The summed E-state index contributed by atoms with van der Waals surface area (Å²) in [6.45, 7) is 0.512. The Morgan fingerprint density at radius 2 is 2.30 bits per heavy atom. The maximum Gasteiger partial charge on any atom is 0.317 e. The Morgan fingerprint density at radius 1 is 1.60 bits per heavy atom. The Morgan fingerprint density at radius 3 is 2.80 bits per heavy atom. The number of nitrogens with zero attached hydrogens (tertiary/aromatic N) is 1. The molecule has 5 nitrogen and oxygen atoms in total. The van der Waals surface area contributed by atoms with Gasteiger partial charge in [-0.3, -0.25) is 4.79 Å². The van der Waals surface area contributed by atoms with Gasteiger partial charge in [0, 0.05) is 19.6 Å². The zero-order chi connectivity index (χ0) is 14.7. The molecule has 0 radical (unpaired) electrons. The summed E-state index contributed by atoms with van der Waals surface area (Å²) >= 11 is 4.96. The van der Waals surface area contributed by atoms with Gasteiger partial charge in [-0.25, -0.2) is 4.79 Å². The Balaban J connectivity index is 1.87. The molecular formula is C13H17BrN2O3S. The Bertz CT molecular complexity index is 502. The third-order valence-electron chi connectivity index (χ3n) is 3.28. The second kappa shape index (κ2) is 6.58. The average molecular weight is 361 g/mol. The van der Waals surface area contributed by atoms with Crippen LogP contribution >= 0.6 is 27.3 Å². The number of urea groups is 1. The summed E-state index contributed by atoms with van der Waals surface area (Å²) in [6.07, 6.45) is 1.99. The second-order valence-corrected chi connectivity index (χ2v) is 7.40. The fourth-order valence-corrected chi connectivity index (χ4v) is 3.27. The van der Waals surface area contributed by atoms with Crippen molar-refractivity contribution in [3.05, 3.63) is 20.8 Å². The predicted octanol–water partition coefficient (Wildman–Crippen LogP) is 2.91. The van der Waals surface area contributed by atoms with E-state index in [9.17, 15) is 9.59 Å². The molecule has 1 saturated carbocycles. The molecule has 20 heavy (non-hydrogen) atoms. The first-order valence-corrected chi connectivity index (χ1v) is 8.09. The molecule has 7 heteroatoms. The lowest BCUT2D eigenvalue weighted by molar-refractivity contribution is -0.137. The van der Waals surface area contributed by atoms with E-state index in [0.717, 1.165) is 22.2 Å². The highest BCUT2D eigenvalue weighted by Gasteiger charge is 2.34. The van der Waals surface area contributed by atoms with Crippen molar-refractivity contribution in [2.75, 3.05) is 7.05 Å². The third-order valence-corrected chi connectivity index (χ3v) is 4.84. The van der Waals surface area contributed by atoms with Crippen LogP contribution in [0.5, 0.6) is 0 Å². The maximum absolute atomic E-state index is 12.1. The number of thiophene rings is 1. The number of carboxylic acid groups (broad SMARTS) is 1. The largest absolute Gasteiger partial charge is 0.481 e. The van der Waals surface area contributed by atoms with E-state index < -0.39 is 5.97 Å². The fourth-order valence-electron chi connectivity index (χ4n) is 2.07. The molecule has 1 aliphatic carbocycles. The van der Waals surface area contributed by atoms with Gasteiger partial charge in [-0.15, -0.1) is 11.3 Å². The van der Waals surface area contributed by atoms with Crippen LogP contribution in [0, 0.1) is 5.92 Å². The number of carbonyl (C=O) groups excluding carboxylic acids is 1. The number of carboxylic acids is 1. The topological polar surface area (TPSA) is 69.6 Å². The molecule has 1 unspecified atom stereocenters. The van der Waals surface area contributed by atoms with Crippen LogP contribution in [0.25, 0.3) is 0 Å². The number of halogens is 1. The summed E-state index contributed by atoms with van der Waals surface area (Å²) in [5.74, 6) is -0.551. The van der Waals surface area contributed by atoms with E-state index in [1.807, 2.05) is 11.4 Å². The van der Waals surface area contributed by atoms with E-state index in [1.165, 1.54) is 0 Å². The quantitative estimate of drug-likeness (QED) is 0.819. The van der Waals surface area contributed by atoms with Crippen LogP contribution in [0.3, 0.4) is 0 Å². The second-order valence-electron chi connectivity index (χ2n) is 5.11. The van der Waals surface area contributed by atoms with Crippen LogP contribution in [0.15, 0.2) is 15.2 Å². The predicted molar refractivity (Wildman–Crippen MR) is 80.8 cm³/mol. The van der Waals surface area contributed by atoms with Gasteiger partial charge in [-0.1, -0.05) is 0 Å². The van der Waals surface area contributed by atoms with Crippen LogP contribution in [-0.2, 0) is 11.3 Å². The SMILES string of the molecule is CN(Cc1csc(Br)c1)C(=O)NC(CC(=O)O)C1CC1. The van der Waals surface area contributed by atoms with Crippen molar-refractivity contribution < 1.29 is 14.7 Å². The smallest absolute Gasteiger partial charge is 0.317 e. The van der Waals surface area contributed by atoms with Crippen molar-refractivity contribution >= 4 is 39.3 Å². The first-order chi connectivity index (χ1) is 9.45. The number of aliphatic carboxylic acids is 1. The highest BCUT2D eigenvalue weighted by molar-refractivity contribution is 9.11. The van der Waals surface area contributed by atoms with E-state index >= 15 is 0 Å². The van der Waals surface area contributed by atoms with Crippen LogP contribution < -0.4 is 5.32 Å². The summed E-state index contributed by atoms with van der Waals surface area (Å²) in [4.78, 5) is 24.5. The Hall–Kier alpha value is -1.08. The monoisotopic (exact) mass is 360 g/mol. The van der Waals surface area contributed by atoms with Crippen LogP contribution in [0.4, 0.5) is 4.79 Å². The molecule has 1 aliphatic rings. The van der Waals surface area contributed by atoms with Crippen molar-refractivity contribution in [2.45, 2.75) is 31.8 Å². The molecule has 1 heterocycles. The summed E-state index contributed by atoms with van der Waals surface area (Å²) in [6, 6.07) is 1.51. The summed E-state index contributed by atoms with van der Waals surface area (Å²) < 4.78 is 1.03. The zero-order valence-corrected chi connectivity index (χ0v) is 13.5. The van der Waals surface area contributed by atoms with Crippen molar-refractivity contribution in [2.24, 2.45) is 5.92 Å². The summed E-state index contributed by atoms with van der Waals surface area (Å²) in [5.41, 5.74) is 1.06. The normalized spacial score (nSPS) is 15.7. The molecule has 2 rings (SSSR count). The lowest BCUT2D eigenvalue weighted by Gasteiger charge is -2.22. The van der Waals surface area contributed by atoms with Crippen molar-refractivity contribution in [1.29, 1.82) is 0 Å². The van der Waals surface area contributed by atoms with Gasteiger partial charge in [0.2, 0.25) is 0 Å². The lowest BCUT2D eigenvalue weighted by Crippen LogP contribution is -2.44. The molecule has 0 saturated heterocycles. The average Bonchev–Trinajstić information content (AvgIpc) is 3.12. The van der Waals surface area contributed by atoms with Gasteiger partial charge in [0.05, 0.1) is 10.2 Å². The third kappa shape index (κ3) is 4.49. The van der Waals surface area contributed by atoms with Crippen LogP contribution in [0.2, 0.25) is 0 Å². The molecule has 2 N–H and O–H groups in total. The highest BCUT2D eigenvalue weighted by Crippen LogP contribution is 2.34. The molecule has 2 amide bonds. The van der Waals surface area contributed by atoms with Crippen molar-refractivity contribution in [1.82, 2.24) is 10.2 Å². The van der Waals surface area contributed by atoms with Crippen LogP contribution in [-0.4, -0.2) is 35.1 Å². The number of carbonyl (C=O) groups is 2. The van der Waals surface area contributed by atoms with Crippen molar-refractivity contribution in [3.63, 3.8) is 0 Å². The molecule has 0 aromatic carbocycles. The van der Waals surface area contributed by atoms with E-state index in [4.69, 9.17) is 5.11 Å². The molecular weight excluding hydrogens is 344 g/mol. The van der Waals surface area contributed by atoms with Gasteiger partial charge < -0.3 is 15.3 Å². The minimum Gasteiger partial charge on any atom is -0.481 e. The minimum absolute atomic E-state index is 0.00571. The van der Waals surface area contributed by atoms with E-state index in [-0.39, 0.29) is 18.5 Å². The van der Waals surface area contributed by atoms with Crippen molar-refractivity contribution in [3.8, 4) is 0 Å². The molecule has 1 aromatic heterocycles. The highest BCUT2D eigenvalue weighted by atomic mass is 79.9. The van der Waals surface area contributed by atoms with Gasteiger partial charge in [-0.2, -0.15) is 0 Å². The number of hydrogen-bond acceptors (Lipinski definition) is 3. The first kappa shape index (κ1) is 15.3. The standard InChI is InChI=1S/C13H17BrN2O3S/c1-16(6-8-4-11(14)20-7-8)13(19)15-10(5-12(17)18)9-2-3-9/h4,7,9-10H,2-3,5-6H2,1H3,(H,15,19)(H,17,18). The van der Waals surface area contributed by atoms with Gasteiger partial charge in [0.1, 0.15) is 0 Å². The lowest BCUT2D eigenvalue weighted by atomic mass is 10.1. The summed E-state index contributed by atoms with van der Waals surface area (Å²) in [7, 11) is 1.71. The molecule has 0 aliphatic heterocycles. The number of amides is 2. The molecule has 1 fully saturated rings. The van der Waals surface area contributed by atoms with Gasteiger partial charge in [0.25, 0.3) is 0 Å². The van der Waals surface area contributed by atoms with E-state index in [1.54, 1.807) is 23.3 Å². The molecule has 1 atom stereocenters.